The van der Waals surface area contributed by atoms with Crippen molar-refractivity contribution in [3.63, 3.8) is 0 Å². The maximum atomic E-state index is 13.2. The minimum Gasteiger partial charge on any atom is -0.368 e. The molecule has 2 amide bonds. The standard InChI is InChI=1S/C31H38FN9O3/c1-3-5-6-22(4-2)19-33-28-27-29(40(21-34-27)20-23-7-13-26(14-8-23)41(43)44)37-30(36-28)38-15-17-39(18-16-38)31(42)35-25-11-9-24(32)10-12-25/h7-14,21-22H,3-6,15-20H2,1-2H3,(H,35,42)(H,33,36,37). The first-order valence-corrected chi connectivity index (χ1v) is 15.1. The fraction of sp³-hybridized carbons (Fsp3) is 0.419. The number of unbranched alkanes of at least 4 members (excludes halogenated alkanes) is 1. The number of fused-ring (bicyclic) bond motifs is 1. The van der Waals surface area contributed by atoms with E-state index in [1.54, 1.807) is 23.4 Å². The predicted octanol–water partition coefficient (Wildman–Crippen LogP) is 5.90. The number of nitrogens with one attached hydrogen (secondary N) is 2. The van der Waals surface area contributed by atoms with E-state index in [1.807, 2.05) is 4.57 Å². The molecule has 0 aliphatic carbocycles. The van der Waals surface area contributed by atoms with E-state index in [0.29, 0.717) is 67.3 Å². The highest BCUT2D eigenvalue weighted by Crippen LogP contribution is 2.26. The molecule has 3 heterocycles. The number of amides is 2. The smallest absolute Gasteiger partial charge is 0.321 e. The number of anilines is 3. The van der Waals surface area contributed by atoms with Crippen molar-refractivity contribution >= 4 is 40.3 Å². The number of carbonyl (C=O) groups is 1. The molecule has 2 N–H and O–H groups in total. The molecule has 2 aromatic heterocycles. The lowest BCUT2D eigenvalue weighted by atomic mass is 9.99. The van der Waals surface area contributed by atoms with E-state index < -0.39 is 4.92 Å². The summed E-state index contributed by atoms with van der Waals surface area (Å²) in [5.74, 6) is 1.36. The Morgan fingerprint density at radius 3 is 2.43 bits per heavy atom. The van der Waals surface area contributed by atoms with Crippen molar-refractivity contribution in [1.82, 2.24) is 24.4 Å². The van der Waals surface area contributed by atoms with Gasteiger partial charge in [-0.3, -0.25) is 10.1 Å². The minimum atomic E-state index is -0.413. The number of aromatic nitrogens is 4. The van der Waals surface area contributed by atoms with E-state index in [-0.39, 0.29) is 17.5 Å². The first-order chi connectivity index (χ1) is 21.3. The van der Waals surface area contributed by atoms with Gasteiger partial charge in [0.1, 0.15) is 5.82 Å². The number of non-ortho nitro benzene ring substituents is 1. The molecule has 1 aliphatic rings. The summed E-state index contributed by atoms with van der Waals surface area (Å²) < 4.78 is 15.2. The van der Waals surface area contributed by atoms with Crippen molar-refractivity contribution in [2.24, 2.45) is 5.92 Å². The van der Waals surface area contributed by atoms with Crippen LogP contribution in [-0.2, 0) is 6.54 Å². The van der Waals surface area contributed by atoms with Crippen LogP contribution >= 0.6 is 0 Å². The second kappa shape index (κ2) is 14.1. The van der Waals surface area contributed by atoms with Crippen LogP contribution in [0.3, 0.4) is 0 Å². The van der Waals surface area contributed by atoms with Gasteiger partial charge in [0, 0.05) is 50.5 Å². The molecule has 232 valence electrons. The quantitative estimate of drug-likeness (QED) is 0.151. The molecule has 0 bridgehead atoms. The highest BCUT2D eigenvalue weighted by molar-refractivity contribution is 5.89. The van der Waals surface area contributed by atoms with Crippen molar-refractivity contribution in [3.8, 4) is 0 Å². The molecule has 44 heavy (non-hydrogen) atoms. The second-order valence-electron chi connectivity index (χ2n) is 11.0. The summed E-state index contributed by atoms with van der Waals surface area (Å²) in [7, 11) is 0. The van der Waals surface area contributed by atoms with Crippen molar-refractivity contribution in [2.75, 3.05) is 48.3 Å². The molecule has 0 radical (unpaired) electrons. The monoisotopic (exact) mass is 603 g/mol. The molecule has 0 spiro atoms. The molecule has 0 saturated carbocycles. The van der Waals surface area contributed by atoms with Gasteiger partial charge in [-0.15, -0.1) is 0 Å². The Morgan fingerprint density at radius 1 is 1.05 bits per heavy atom. The van der Waals surface area contributed by atoms with Gasteiger partial charge in [-0.2, -0.15) is 9.97 Å². The average Bonchev–Trinajstić information content (AvgIpc) is 3.45. The molecule has 1 fully saturated rings. The Bertz CT molecular complexity index is 1570. The third-order valence-electron chi connectivity index (χ3n) is 8.00. The normalized spacial score (nSPS) is 14.1. The first-order valence-electron chi connectivity index (χ1n) is 15.1. The van der Waals surface area contributed by atoms with Gasteiger partial charge in [-0.1, -0.05) is 45.2 Å². The predicted molar refractivity (Wildman–Crippen MR) is 169 cm³/mol. The molecule has 4 aromatic rings. The van der Waals surface area contributed by atoms with E-state index in [9.17, 15) is 19.3 Å². The van der Waals surface area contributed by atoms with Gasteiger partial charge in [-0.05, 0) is 42.2 Å². The Kier molecular flexibility index (Phi) is 9.82. The Labute approximate surface area is 255 Å². The van der Waals surface area contributed by atoms with Crippen LogP contribution in [0.4, 0.5) is 32.3 Å². The summed E-state index contributed by atoms with van der Waals surface area (Å²) in [4.78, 5) is 41.8. The molecule has 1 aliphatic heterocycles. The largest absolute Gasteiger partial charge is 0.368 e. The summed E-state index contributed by atoms with van der Waals surface area (Å²) >= 11 is 0. The van der Waals surface area contributed by atoms with Crippen molar-refractivity contribution < 1.29 is 14.1 Å². The zero-order chi connectivity index (χ0) is 31.1. The van der Waals surface area contributed by atoms with Gasteiger partial charge in [0.05, 0.1) is 17.8 Å². The Hall–Kier alpha value is -4.81. The number of hydrogen-bond donors (Lipinski definition) is 2. The van der Waals surface area contributed by atoms with Crippen LogP contribution in [0.2, 0.25) is 0 Å². The van der Waals surface area contributed by atoms with Gasteiger partial charge in [0.2, 0.25) is 5.95 Å². The molecular weight excluding hydrogens is 565 g/mol. The number of carbonyl (C=O) groups excluding carboxylic acids is 1. The number of imidazole rings is 1. The molecule has 1 saturated heterocycles. The zero-order valence-electron chi connectivity index (χ0n) is 25.1. The number of nitrogens with zero attached hydrogens (tertiary/aromatic N) is 7. The van der Waals surface area contributed by atoms with E-state index in [0.717, 1.165) is 31.4 Å². The van der Waals surface area contributed by atoms with Crippen molar-refractivity contribution in [2.45, 2.75) is 46.1 Å². The van der Waals surface area contributed by atoms with Crippen LogP contribution < -0.4 is 15.5 Å². The number of rotatable bonds is 12. The third-order valence-corrected chi connectivity index (χ3v) is 8.00. The Morgan fingerprint density at radius 2 is 1.77 bits per heavy atom. The lowest BCUT2D eigenvalue weighted by Crippen LogP contribution is -2.50. The van der Waals surface area contributed by atoms with E-state index in [1.165, 1.54) is 42.8 Å². The molecule has 13 heteroatoms. The summed E-state index contributed by atoms with van der Waals surface area (Å²) in [5, 5.41) is 17.5. The first kappa shape index (κ1) is 30.6. The molecule has 5 rings (SSSR count). The number of halogens is 1. The molecule has 1 unspecified atom stereocenters. The fourth-order valence-corrected chi connectivity index (χ4v) is 5.26. The van der Waals surface area contributed by atoms with Gasteiger partial charge >= 0.3 is 6.03 Å². The number of nitro benzene ring substituents is 1. The van der Waals surface area contributed by atoms with Crippen LogP contribution in [0.15, 0.2) is 54.9 Å². The minimum absolute atomic E-state index is 0.0411. The SMILES string of the molecule is CCCCC(CC)CNc1nc(N2CCN(C(=O)Nc3ccc(F)cc3)CC2)nc2c1ncn2Cc1ccc([N+](=O)[O-])cc1. The summed E-state index contributed by atoms with van der Waals surface area (Å²) in [6.45, 7) is 7.61. The topological polar surface area (TPSA) is 134 Å². The van der Waals surface area contributed by atoms with Crippen LogP contribution in [0, 0.1) is 21.8 Å². The van der Waals surface area contributed by atoms with Crippen LogP contribution in [0.5, 0.6) is 0 Å². The van der Waals surface area contributed by atoms with Gasteiger partial charge in [-0.25, -0.2) is 14.2 Å². The maximum absolute atomic E-state index is 13.2. The lowest BCUT2D eigenvalue weighted by Gasteiger charge is -2.34. The van der Waals surface area contributed by atoms with Crippen LogP contribution in [-0.4, -0.2) is 68.1 Å². The molecule has 1 atom stereocenters. The number of urea groups is 1. The number of piperazine rings is 1. The zero-order valence-corrected chi connectivity index (χ0v) is 25.1. The second-order valence-corrected chi connectivity index (χ2v) is 11.0. The van der Waals surface area contributed by atoms with Crippen LogP contribution in [0.25, 0.3) is 11.2 Å². The number of nitro groups is 1. The lowest BCUT2D eigenvalue weighted by molar-refractivity contribution is -0.384. The highest BCUT2D eigenvalue weighted by atomic mass is 19.1. The van der Waals surface area contributed by atoms with E-state index in [4.69, 9.17) is 9.97 Å². The molecular formula is C31H38FN9O3. The molecule has 2 aromatic carbocycles. The van der Waals surface area contributed by atoms with Gasteiger partial charge in [0.15, 0.2) is 17.0 Å². The van der Waals surface area contributed by atoms with Crippen LogP contribution in [0.1, 0.15) is 45.1 Å². The van der Waals surface area contributed by atoms with Gasteiger partial charge < -0.3 is 25.0 Å². The van der Waals surface area contributed by atoms with E-state index in [2.05, 4.69) is 34.4 Å². The Balaban J connectivity index is 1.35. The van der Waals surface area contributed by atoms with Gasteiger partial charge in [0.25, 0.3) is 5.69 Å². The maximum Gasteiger partial charge on any atom is 0.321 e. The average molecular weight is 604 g/mol. The number of benzene rings is 2. The summed E-state index contributed by atoms with van der Waals surface area (Å²) in [6.07, 6.45) is 6.25. The van der Waals surface area contributed by atoms with Crippen molar-refractivity contribution in [1.29, 1.82) is 0 Å². The highest BCUT2D eigenvalue weighted by Gasteiger charge is 2.25. The summed E-state index contributed by atoms with van der Waals surface area (Å²) in [6, 6.07) is 11.9. The number of hydrogen-bond acceptors (Lipinski definition) is 8. The van der Waals surface area contributed by atoms with E-state index >= 15 is 0 Å². The third kappa shape index (κ3) is 7.39. The fourth-order valence-electron chi connectivity index (χ4n) is 5.26. The van der Waals surface area contributed by atoms with Crippen molar-refractivity contribution in [3.05, 3.63) is 76.4 Å². The molecule has 12 nitrogen and oxygen atoms in total. The summed E-state index contributed by atoms with van der Waals surface area (Å²) in [5.41, 5.74) is 2.79.